The second-order valence-corrected chi connectivity index (χ2v) is 6.99. The molecule has 0 aliphatic carbocycles. The summed E-state index contributed by atoms with van der Waals surface area (Å²) in [6, 6.07) is 5.58. The summed E-state index contributed by atoms with van der Waals surface area (Å²) >= 11 is 0. The topological polar surface area (TPSA) is 69.4 Å². The first-order valence-corrected chi connectivity index (χ1v) is 9.44. The lowest BCUT2D eigenvalue weighted by Gasteiger charge is -2.05. The summed E-state index contributed by atoms with van der Waals surface area (Å²) in [6.45, 7) is 4.54. The van der Waals surface area contributed by atoms with Crippen LogP contribution in [0.1, 0.15) is 78.1 Å². The van der Waals surface area contributed by atoms with Crippen LogP contribution in [-0.2, 0) is 4.79 Å². The number of rotatable bonds is 13. The standard InChI is InChI=1S/C20H31NO4/c1-17(2)11-9-7-5-3-4-6-8-10-12-20(22)25-19-15-13-18(14-16-19)21(23)24/h13-17H,3-12H2,1-2H3. The molecule has 1 rings (SSSR count). The van der Waals surface area contributed by atoms with Gasteiger partial charge in [0.1, 0.15) is 5.75 Å². The van der Waals surface area contributed by atoms with E-state index in [0.717, 1.165) is 25.2 Å². The summed E-state index contributed by atoms with van der Waals surface area (Å²) in [6.07, 6.45) is 11.3. The first-order chi connectivity index (χ1) is 12.0. The maximum Gasteiger partial charge on any atom is 0.311 e. The van der Waals surface area contributed by atoms with E-state index in [9.17, 15) is 14.9 Å². The Labute approximate surface area is 150 Å². The van der Waals surface area contributed by atoms with E-state index in [1.165, 1.54) is 62.8 Å². The molecule has 25 heavy (non-hydrogen) atoms. The summed E-state index contributed by atoms with van der Waals surface area (Å²) in [7, 11) is 0. The molecule has 0 spiro atoms. The van der Waals surface area contributed by atoms with Gasteiger partial charge in [-0.05, 0) is 24.5 Å². The van der Waals surface area contributed by atoms with Gasteiger partial charge in [-0.15, -0.1) is 0 Å². The van der Waals surface area contributed by atoms with Crippen molar-refractivity contribution in [2.45, 2.75) is 78.1 Å². The molecule has 0 N–H and O–H groups in total. The number of esters is 1. The Morgan fingerprint density at radius 1 is 0.960 bits per heavy atom. The third-order valence-electron chi connectivity index (χ3n) is 4.19. The molecule has 0 radical (unpaired) electrons. The zero-order valence-corrected chi connectivity index (χ0v) is 15.5. The van der Waals surface area contributed by atoms with Crippen molar-refractivity contribution in [3.8, 4) is 5.75 Å². The predicted molar refractivity (Wildman–Crippen MR) is 99.7 cm³/mol. The Hall–Kier alpha value is -1.91. The van der Waals surface area contributed by atoms with Crippen LogP contribution in [0.15, 0.2) is 24.3 Å². The molecule has 140 valence electrons. The van der Waals surface area contributed by atoms with E-state index in [1.54, 1.807) is 0 Å². The van der Waals surface area contributed by atoms with Crippen molar-refractivity contribution in [1.82, 2.24) is 0 Å². The van der Waals surface area contributed by atoms with Crippen molar-refractivity contribution in [3.63, 3.8) is 0 Å². The van der Waals surface area contributed by atoms with E-state index in [1.807, 2.05) is 0 Å². The molecule has 0 bridgehead atoms. The van der Waals surface area contributed by atoms with E-state index < -0.39 is 4.92 Å². The van der Waals surface area contributed by atoms with Crippen LogP contribution in [0.5, 0.6) is 5.75 Å². The number of hydrogen-bond donors (Lipinski definition) is 0. The lowest BCUT2D eigenvalue weighted by Crippen LogP contribution is -2.07. The second-order valence-electron chi connectivity index (χ2n) is 6.99. The fourth-order valence-electron chi connectivity index (χ4n) is 2.70. The molecule has 0 aliphatic rings. The molecular formula is C20H31NO4. The van der Waals surface area contributed by atoms with Crippen LogP contribution in [0.3, 0.4) is 0 Å². The minimum absolute atomic E-state index is 0.0102. The zero-order valence-electron chi connectivity index (χ0n) is 15.5. The van der Waals surface area contributed by atoms with Crippen LogP contribution >= 0.6 is 0 Å². The summed E-state index contributed by atoms with van der Waals surface area (Å²) in [5, 5.41) is 10.6. The average molecular weight is 349 g/mol. The summed E-state index contributed by atoms with van der Waals surface area (Å²) in [4.78, 5) is 21.8. The highest BCUT2D eigenvalue weighted by molar-refractivity contribution is 5.72. The number of nitro groups is 1. The Morgan fingerprint density at radius 2 is 1.48 bits per heavy atom. The smallest absolute Gasteiger partial charge is 0.311 e. The lowest BCUT2D eigenvalue weighted by molar-refractivity contribution is -0.384. The number of nitro benzene ring substituents is 1. The lowest BCUT2D eigenvalue weighted by atomic mass is 10.0. The number of carbonyl (C=O) groups is 1. The SMILES string of the molecule is CC(C)CCCCCCCCCCC(=O)Oc1ccc([N+](=O)[O-])cc1. The quantitative estimate of drug-likeness (QED) is 0.143. The largest absolute Gasteiger partial charge is 0.427 e. The molecule has 0 fully saturated rings. The van der Waals surface area contributed by atoms with Gasteiger partial charge in [0, 0.05) is 18.6 Å². The van der Waals surface area contributed by atoms with Gasteiger partial charge in [-0.2, -0.15) is 0 Å². The normalized spacial score (nSPS) is 10.8. The molecule has 1 aromatic carbocycles. The van der Waals surface area contributed by atoms with Crippen molar-refractivity contribution >= 4 is 11.7 Å². The Kier molecular flexibility index (Phi) is 10.5. The first-order valence-electron chi connectivity index (χ1n) is 9.44. The summed E-state index contributed by atoms with van der Waals surface area (Å²) in [5.74, 6) is 0.894. The molecule has 0 unspecified atom stereocenters. The molecule has 0 saturated carbocycles. The van der Waals surface area contributed by atoms with E-state index in [2.05, 4.69) is 13.8 Å². The number of non-ortho nitro benzene ring substituents is 1. The summed E-state index contributed by atoms with van der Waals surface area (Å²) in [5.41, 5.74) is -0.0102. The van der Waals surface area contributed by atoms with Crippen molar-refractivity contribution < 1.29 is 14.5 Å². The molecular weight excluding hydrogens is 318 g/mol. The highest BCUT2D eigenvalue weighted by Crippen LogP contribution is 2.18. The fraction of sp³-hybridized carbons (Fsp3) is 0.650. The van der Waals surface area contributed by atoms with Gasteiger partial charge in [-0.25, -0.2) is 0 Å². The number of unbranched alkanes of at least 4 members (excludes halogenated alkanes) is 7. The molecule has 0 heterocycles. The monoisotopic (exact) mass is 349 g/mol. The molecule has 0 saturated heterocycles. The second kappa shape index (κ2) is 12.5. The van der Waals surface area contributed by atoms with Gasteiger partial charge in [0.2, 0.25) is 0 Å². The number of benzene rings is 1. The van der Waals surface area contributed by atoms with Gasteiger partial charge >= 0.3 is 5.97 Å². The minimum Gasteiger partial charge on any atom is -0.427 e. The van der Waals surface area contributed by atoms with Crippen molar-refractivity contribution in [3.05, 3.63) is 34.4 Å². The van der Waals surface area contributed by atoms with Gasteiger partial charge in [-0.1, -0.05) is 65.2 Å². The molecule has 1 aromatic rings. The number of ether oxygens (including phenoxy) is 1. The third-order valence-corrected chi connectivity index (χ3v) is 4.19. The molecule has 0 amide bonds. The molecule has 0 atom stereocenters. The van der Waals surface area contributed by atoms with Crippen LogP contribution in [-0.4, -0.2) is 10.9 Å². The van der Waals surface area contributed by atoms with Crippen LogP contribution in [0.4, 0.5) is 5.69 Å². The Balaban J connectivity index is 2.01. The Bertz CT molecular complexity index is 511. The van der Waals surface area contributed by atoms with Gasteiger partial charge in [0.05, 0.1) is 4.92 Å². The van der Waals surface area contributed by atoms with Crippen molar-refractivity contribution in [2.24, 2.45) is 5.92 Å². The van der Waals surface area contributed by atoms with Crippen LogP contribution < -0.4 is 4.74 Å². The third kappa shape index (κ3) is 10.5. The van der Waals surface area contributed by atoms with Gasteiger partial charge in [-0.3, -0.25) is 14.9 Å². The fourth-order valence-corrected chi connectivity index (χ4v) is 2.70. The highest BCUT2D eigenvalue weighted by atomic mass is 16.6. The predicted octanol–water partition coefficient (Wildman–Crippen LogP) is 6.06. The molecule has 5 nitrogen and oxygen atoms in total. The maximum absolute atomic E-state index is 11.7. The van der Waals surface area contributed by atoms with Crippen molar-refractivity contribution in [1.29, 1.82) is 0 Å². The number of nitrogens with zero attached hydrogens (tertiary/aromatic N) is 1. The van der Waals surface area contributed by atoms with Crippen LogP contribution in [0.25, 0.3) is 0 Å². The number of hydrogen-bond acceptors (Lipinski definition) is 4. The van der Waals surface area contributed by atoms with E-state index in [0.29, 0.717) is 12.2 Å². The minimum atomic E-state index is -0.476. The maximum atomic E-state index is 11.7. The highest BCUT2D eigenvalue weighted by Gasteiger charge is 2.08. The average Bonchev–Trinajstić information content (AvgIpc) is 2.56. The first kappa shape index (κ1) is 21.1. The van der Waals surface area contributed by atoms with Gasteiger partial charge < -0.3 is 4.74 Å². The molecule has 0 aromatic heterocycles. The number of carbonyl (C=O) groups excluding carboxylic acids is 1. The Morgan fingerprint density at radius 3 is 2.00 bits per heavy atom. The van der Waals surface area contributed by atoms with Gasteiger partial charge in [0.25, 0.3) is 5.69 Å². The van der Waals surface area contributed by atoms with Gasteiger partial charge in [0.15, 0.2) is 0 Å². The molecule has 5 heteroatoms. The van der Waals surface area contributed by atoms with Crippen LogP contribution in [0, 0.1) is 16.0 Å². The van der Waals surface area contributed by atoms with E-state index >= 15 is 0 Å². The summed E-state index contributed by atoms with van der Waals surface area (Å²) < 4.78 is 5.18. The van der Waals surface area contributed by atoms with E-state index in [-0.39, 0.29) is 11.7 Å². The zero-order chi connectivity index (χ0) is 18.5. The van der Waals surface area contributed by atoms with E-state index in [4.69, 9.17) is 4.74 Å². The van der Waals surface area contributed by atoms with Crippen LogP contribution in [0.2, 0.25) is 0 Å². The molecule has 0 aliphatic heterocycles. The van der Waals surface area contributed by atoms with Crippen molar-refractivity contribution in [2.75, 3.05) is 0 Å².